The Hall–Kier alpha value is -2.35. The van der Waals surface area contributed by atoms with Crippen LogP contribution in [0.2, 0.25) is 5.02 Å². The molecular weight excluding hydrogens is 527 g/mol. The summed E-state index contributed by atoms with van der Waals surface area (Å²) in [4.78, 5) is 3.65. The van der Waals surface area contributed by atoms with Gasteiger partial charge in [-0.15, -0.1) is 0 Å². The Kier molecular flexibility index (Phi) is 8.11. The van der Waals surface area contributed by atoms with E-state index in [-0.39, 0.29) is 22.4 Å². The first-order valence-electron chi connectivity index (χ1n) is 10.5. The maximum absolute atomic E-state index is 14.9. The number of hydrogen-bond donors (Lipinski definition) is 3. The van der Waals surface area contributed by atoms with E-state index in [1.54, 1.807) is 55.5 Å². The van der Waals surface area contributed by atoms with Crippen LogP contribution in [-0.4, -0.2) is 57.7 Å². The Morgan fingerprint density at radius 1 is 1.29 bits per heavy atom. The first kappa shape index (κ1) is 26.3. The van der Waals surface area contributed by atoms with Crippen molar-refractivity contribution >= 4 is 33.2 Å². The number of methoxy groups -OCH3 is 1. The van der Waals surface area contributed by atoms with Crippen LogP contribution in [0.25, 0.3) is 0 Å². The minimum absolute atomic E-state index is 0.0431. The highest BCUT2D eigenvalue weighted by atomic mass is 79.9. The molecule has 10 heteroatoms. The number of nitrogens with one attached hydrogen (secondary N) is 1. The van der Waals surface area contributed by atoms with Gasteiger partial charge in [-0.1, -0.05) is 29.8 Å². The molecule has 0 bridgehead atoms. The van der Waals surface area contributed by atoms with Crippen molar-refractivity contribution in [2.75, 3.05) is 26.1 Å². The molecule has 0 saturated carbocycles. The van der Waals surface area contributed by atoms with E-state index in [1.807, 2.05) is 11.8 Å². The van der Waals surface area contributed by atoms with E-state index in [1.165, 1.54) is 13.0 Å². The Bertz CT molecular complexity index is 1100. The van der Waals surface area contributed by atoms with Gasteiger partial charge in [0.05, 0.1) is 52.4 Å². The lowest BCUT2D eigenvalue weighted by atomic mass is 9.97. The average Bonchev–Trinajstić information content (AvgIpc) is 3.05. The van der Waals surface area contributed by atoms with E-state index < -0.39 is 22.7 Å². The van der Waals surface area contributed by atoms with Crippen LogP contribution < -0.4 is 5.32 Å². The van der Waals surface area contributed by atoms with Gasteiger partial charge in [-0.3, -0.25) is 0 Å². The molecule has 0 amide bonds. The number of rotatable bonds is 8. The van der Waals surface area contributed by atoms with Gasteiger partial charge in [-0.2, -0.15) is 5.26 Å². The van der Waals surface area contributed by atoms with Crippen molar-refractivity contribution in [3.63, 3.8) is 0 Å². The third-order valence-corrected chi connectivity index (χ3v) is 7.00. The van der Waals surface area contributed by atoms with E-state index in [0.717, 1.165) is 0 Å². The van der Waals surface area contributed by atoms with Gasteiger partial charge >= 0.3 is 0 Å². The molecule has 2 aromatic carbocycles. The zero-order chi connectivity index (χ0) is 25.2. The molecule has 1 aliphatic heterocycles. The molecule has 0 aromatic heterocycles. The highest BCUT2D eigenvalue weighted by molar-refractivity contribution is 9.09. The zero-order valence-electron chi connectivity index (χ0n) is 19.3. The number of anilines is 1. The predicted molar refractivity (Wildman–Crippen MR) is 132 cm³/mol. The summed E-state index contributed by atoms with van der Waals surface area (Å²) in [5, 5.41) is 33.5. The van der Waals surface area contributed by atoms with Crippen LogP contribution in [0.15, 0.2) is 53.9 Å². The third kappa shape index (κ3) is 5.16. The normalized spacial score (nSPS) is 18.2. The number of hydrogen-bond acceptors (Lipinski definition) is 7. The Morgan fingerprint density at radius 2 is 1.94 bits per heavy atom. The van der Waals surface area contributed by atoms with E-state index >= 15 is 0 Å². The number of benzene rings is 2. The Balaban J connectivity index is 2.27. The third-order valence-electron chi connectivity index (χ3n) is 5.65. The molecule has 1 heterocycles. The molecule has 2 unspecified atom stereocenters. The van der Waals surface area contributed by atoms with Gasteiger partial charge in [0.25, 0.3) is 0 Å². The number of halogens is 3. The predicted octanol–water partition coefficient (Wildman–Crippen LogP) is 4.38. The summed E-state index contributed by atoms with van der Waals surface area (Å²) in [6, 6.07) is 12.6. The molecular formula is C24H27BrClFN4O3. The molecule has 3 N–H and O–H groups in total. The van der Waals surface area contributed by atoms with Crippen LogP contribution in [0.4, 0.5) is 10.1 Å². The molecule has 0 aliphatic carbocycles. The monoisotopic (exact) mass is 552 g/mol. The molecule has 0 spiro atoms. The van der Waals surface area contributed by atoms with E-state index in [2.05, 4.69) is 27.3 Å². The highest BCUT2D eigenvalue weighted by Crippen LogP contribution is 2.44. The van der Waals surface area contributed by atoms with Crippen LogP contribution in [0.1, 0.15) is 31.0 Å². The van der Waals surface area contributed by atoms with Crippen LogP contribution >= 0.6 is 27.5 Å². The van der Waals surface area contributed by atoms with Gasteiger partial charge in [0.15, 0.2) is 10.9 Å². The van der Waals surface area contributed by atoms with Crippen molar-refractivity contribution in [3.05, 3.63) is 75.8 Å². The minimum Gasteiger partial charge on any atom is -0.383 e. The number of likely N-dealkylation sites (N-methyl/N-ethyl adjacent to an activating group) is 1. The maximum Gasteiger partial charge on any atom is 0.203 e. The van der Waals surface area contributed by atoms with Crippen LogP contribution in [-0.2, 0) is 4.74 Å². The number of aliphatic hydroxyl groups is 2. The van der Waals surface area contributed by atoms with Crippen LogP contribution in [0.3, 0.4) is 0 Å². The fourth-order valence-electron chi connectivity index (χ4n) is 4.17. The summed E-state index contributed by atoms with van der Waals surface area (Å²) in [6.07, 6.45) is 0. The molecule has 2 aromatic rings. The lowest BCUT2D eigenvalue weighted by Crippen LogP contribution is -2.43. The molecule has 3 rings (SSSR count). The Morgan fingerprint density at radius 3 is 2.50 bits per heavy atom. The lowest BCUT2D eigenvalue weighted by molar-refractivity contribution is -0.125. The van der Waals surface area contributed by atoms with Gasteiger partial charge in [0, 0.05) is 14.2 Å². The molecule has 34 heavy (non-hydrogen) atoms. The van der Waals surface area contributed by atoms with Crippen LogP contribution in [0.5, 0.6) is 0 Å². The summed E-state index contributed by atoms with van der Waals surface area (Å²) in [5.41, 5.74) is 2.02. The molecule has 7 nitrogen and oxygen atoms in total. The minimum atomic E-state index is -2.21. The number of alkyl halides is 1. The molecule has 0 saturated heterocycles. The van der Waals surface area contributed by atoms with Crippen molar-refractivity contribution < 1.29 is 19.3 Å². The molecule has 0 fully saturated rings. The maximum atomic E-state index is 14.9. The van der Waals surface area contributed by atoms with Gasteiger partial charge in [0.2, 0.25) is 5.79 Å². The van der Waals surface area contributed by atoms with Gasteiger partial charge in [-0.05, 0) is 59.6 Å². The fourth-order valence-corrected chi connectivity index (χ4v) is 5.18. The molecule has 1 aliphatic rings. The molecule has 0 radical (unpaired) electrons. The fraction of sp³-hybridized carbons (Fsp3) is 0.375. The smallest absolute Gasteiger partial charge is 0.203 e. The standard InChI is InChI=1S/C24H27BrClFN4O3/c1-14(13-34-4)31-21(22(24(2,32)33)30(3)23(31)25)20(16-10-8-15(12-28)9-11-16)29-18-7-5-6-17(26)19(18)27/h5-11,14,20,23,29,32-33H,13H2,1-4H3/t14-,20?,23?/m1/s1. The van der Waals surface area contributed by atoms with Crippen molar-refractivity contribution in [1.29, 1.82) is 5.26 Å². The second kappa shape index (κ2) is 10.5. The second-order valence-corrected chi connectivity index (χ2v) is 9.53. The van der Waals surface area contributed by atoms with E-state index in [4.69, 9.17) is 16.3 Å². The Labute approximate surface area is 212 Å². The summed E-state index contributed by atoms with van der Waals surface area (Å²) in [5.74, 6) is -2.84. The molecule has 3 atom stereocenters. The van der Waals surface area contributed by atoms with Crippen molar-refractivity contribution in [3.8, 4) is 6.07 Å². The van der Waals surface area contributed by atoms with Crippen molar-refractivity contribution in [2.45, 2.75) is 36.8 Å². The number of nitrogens with zero attached hydrogens (tertiary/aromatic N) is 3. The SMILES string of the molecule is COC[C@@H](C)N1C(C(Nc2cccc(Cl)c2F)c2ccc(C#N)cc2)=C(C(C)(O)O)N(C)C1Br. The van der Waals surface area contributed by atoms with Crippen LogP contribution in [0, 0.1) is 17.1 Å². The van der Waals surface area contributed by atoms with E-state index in [0.29, 0.717) is 23.4 Å². The van der Waals surface area contributed by atoms with E-state index in [9.17, 15) is 19.9 Å². The second-order valence-electron chi connectivity index (χ2n) is 8.30. The van der Waals surface area contributed by atoms with Gasteiger partial charge in [-0.25, -0.2) is 4.39 Å². The zero-order valence-corrected chi connectivity index (χ0v) is 21.6. The summed E-state index contributed by atoms with van der Waals surface area (Å²) in [7, 11) is 3.32. The van der Waals surface area contributed by atoms with Crippen molar-refractivity contribution in [2.24, 2.45) is 0 Å². The average molecular weight is 554 g/mol. The number of ether oxygens (including phenoxy) is 1. The van der Waals surface area contributed by atoms with Crippen molar-refractivity contribution in [1.82, 2.24) is 9.80 Å². The highest BCUT2D eigenvalue weighted by Gasteiger charge is 2.46. The quantitative estimate of drug-likeness (QED) is 0.254. The van der Waals surface area contributed by atoms with Gasteiger partial charge < -0.3 is 30.1 Å². The first-order valence-corrected chi connectivity index (χ1v) is 11.8. The summed E-state index contributed by atoms with van der Waals surface area (Å²) >= 11 is 9.68. The first-order chi connectivity index (χ1) is 16.0. The summed E-state index contributed by atoms with van der Waals surface area (Å²) in [6.45, 7) is 3.57. The lowest BCUT2D eigenvalue weighted by Gasteiger charge is -2.36. The van der Waals surface area contributed by atoms with Gasteiger partial charge in [0.1, 0.15) is 0 Å². The number of nitriles is 1. The summed E-state index contributed by atoms with van der Waals surface area (Å²) < 4.78 is 20.3. The largest absolute Gasteiger partial charge is 0.383 e. The topological polar surface area (TPSA) is 92.0 Å². The molecule has 182 valence electrons.